The van der Waals surface area contributed by atoms with Gasteiger partial charge in [0.25, 0.3) is 0 Å². The van der Waals surface area contributed by atoms with Crippen LogP contribution in [0.15, 0.2) is 85.1 Å². The first-order chi connectivity index (χ1) is 24.9. The zero-order chi connectivity index (χ0) is 36.7. The van der Waals surface area contributed by atoms with Gasteiger partial charge in [0.05, 0.1) is 5.69 Å². The number of rotatable bonds is 10. The van der Waals surface area contributed by atoms with E-state index in [1.165, 1.54) is 33.5 Å². The average molecular weight is 793 g/mol. The Hall–Kier alpha value is -4.50. The van der Waals surface area contributed by atoms with Gasteiger partial charge in [-0.2, -0.15) is 11.2 Å². The summed E-state index contributed by atoms with van der Waals surface area (Å²) < 4.78 is 11.1. The van der Waals surface area contributed by atoms with Gasteiger partial charge >= 0.3 is 20.4 Å². The van der Waals surface area contributed by atoms with Crippen molar-refractivity contribution in [3.05, 3.63) is 131 Å². The molecule has 0 aliphatic heterocycles. The molecular formula is C47H50N4OPd. The molecule has 53 heavy (non-hydrogen) atoms. The van der Waals surface area contributed by atoms with Crippen LogP contribution in [-0.2, 0) is 38.7 Å². The van der Waals surface area contributed by atoms with E-state index in [0.29, 0.717) is 17.4 Å². The molecule has 6 heteroatoms. The van der Waals surface area contributed by atoms with Gasteiger partial charge in [-0.25, -0.2) is 4.98 Å². The summed E-state index contributed by atoms with van der Waals surface area (Å²) in [6.07, 6.45) is 5.97. The number of nitrogens with zero attached hydrogens (tertiary/aromatic N) is 4. The Kier molecular flexibility index (Phi) is 11.2. The second-order valence-corrected chi connectivity index (χ2v) is 15.7. The Balaban J connectivity index is 0.00000481. The second-order valence-electron chi connectivity index (χ2n) is 15.7. The molecule has 0 aliphatic carbocycles. The number of hydrogen-bond acceptors (Lipinski definition) is 3. The van der Waals surface area contributed by atoms with Crippen LogP contribution in [0.5, 0.6) is 11.5 Å². The van der Waals surface area contributed by atoms with Crippen molar-refractivity contribution in [1.29, 1.82) is 0 Å². The molecule has 0 unspecified atom stereocenters. The SMILES string of the molecule is CCCc1ccnc(-n2c3[c-]c(Oc4[c-]c(-n5nc(C)c(-c6c(C)cccc6C)c5CCC(C)C)cc(C(C)(C)C)c4)ccc3c3ccccc32)c1.[Pd+2]. The first-order valence-corrected chi connectivity index (χ1v) is 18.7. The third kappa shape index (κ3) is 7.63. The molecule has 0 saturated carbocycles. The third-order valence-electron chi connectivity index (χ3n) is 10.1. The van der Waals surface area contributed by atoms with Gasteiger partial charge in [-0.1, -0.05) is 89.9 Å². The van der Waals surface area contributed by atoms with Crippen LogP contribution < -0.4 is 4.74 Å². The summed E-state index contributed by atoms with van der Waals surface area (Å²) in [6.45, 7) is 20.0. The Morgan fingerprint density at radius 1 is 0.792 bits per heavy atom. The van der Waals surface area contributed by atoms with Crippen molar-refractivity contribution in [2.75, 3.05) is 0 Å². The summed E-state index contributed by atoms with van der Waals surface area (Å²) in [6, 6.07) is 35.1. The third-order valence-corrected chi connectivity index (χ3v) is 10.1. The Bertz CT molecular complexity index is 2390. The molecule has 0 atom stereocenters. The predicted molar refractivity (Wildman–Crippen MR) is 215 cm³/mol. The summed E-state index contributed by atoms with van der Waals surface area (Å²) in [5.41, 5.74) is 12.5. The molecule has 0 N–H and O–H groups in total. The van der Waals surface area contributed by atoms with Gasteiger partial charge in [-0.05, 0) is 103 Å². The van der Waals surface area contributed by atoms with Gasteiger partial charge in [-0.15, -0.1) is 41.3 Å². The molecule has 5 nitrogen and oxygen atoms in total. The van der Waals surface area contributed by atoms with Crippen molar-refractivity contribution in [2.24, 2.45) is 5.92 Å². The molecule has 3 aromatic heterocycles. The van der Waals surface area contributed by atoms with Crippen LogP contribution >= 0.6 is 0 Å². The number of hydrogen-bond donors (Lipinski definition) is 0. The van der Waals surface area contributed by atoms with Crippen molar-refractivity contribution < 1.29 is 25.2 Å². The van der Waals surface area contributed by atoms with E-state index in [2.05, 4.69) is 156 Å². The fourth-order valence-corrected chi connectivity index (χ4v) is 7.41. The van der Waals surface area contributed by atoms with Crippen molar-refractivity contribution in [3.63, 3.8) is 0 Å². The van der Waals surface area contributed by atoms with Gasteiger partial charge in [-0.3, -0.25) is 4.68 Å². The smallest absolute Gasteiger partial charge is 0.509 e. The second kappa shape index (κ2) is 15.5. The van der Waals surface area contributed by atoms with Gasteiger partial charge in [0.15, 0.2) is 0 Å². The number of benzene rings is 4. The summed E-state index contributed by atoms with van der Waals surface area (Å²) in [5, 5.41) is 7.50. The topological polar surface area (TPSA) is 44.9 Å². The standard InChI is InChI=1S/C47H50N4O.Pd/c1-10-14-34-23-24-48-44(25-34)50-41-18-12-11-17-39(41)40-21-20-37(29-43(40)50)52-38-27-35(47(7,8)9)26-36(28-38)51-42(22-19-30(2)3)46(33(6)49-51)45-31(4)15-13-16-32(45)5;/h11-13,15-18,20-21,23-27,30H,10,14,19,22H2,1-9H3;/q-2;+2. The van der Waals surface area contributed by atoms with Crippen LogP contribution in [0.4, 0.5) is 0 Å². The van der Waals surface area contributed by atoms with Gasteiger partial charge in [0.2, 0.25) is 0 Å². The van der Waals surface area contributed by atoms with Crippen molar-refractivity contribution >= 4 is 21.8 Å². The quantitative estimate of drug-likeness (QED) is 0.102. The molecule has 0 bridgehead atoms. The monoisotopic (exact) mass is 792 g/mol. The van der Waals surface area contributed by atoms with Crippen molar-refractivity contribution in [3.8, 4) is 34.1 Å². The molecule has 3 heterocycles. The van der Waals surface area contributed by atoms with Gasteiger partial charge in [0.1, 0.15) is 5.82 Å². The normalized spacial score (nSPS) is 11.8. The summed E-state index contributed by atoms with van der Waals surface area (Å²) in [4.78, 5) is 4.82. The number of para-hydroxylation sites is 1. The zero-order valence-electron chi connectivity index (χ0n) is 32.5. The fourth-order valence-electron chi connectivity index (χ4n) is 7.41. The molecule has 0 saturated heterocycles. The first kappa shape index (κ1) is 38.2. The molecule has 0 spiro atoms. The largest absolute Gasteiger partial charge is 2.00 e. The number of ether oxygens (including phenoxy) is 1. The van der Waals surface area contributed by atoms with E-state index in [-0.39, 0.29) is 25.8 Å². The molecule has 0 aliphatic rings. The molecule has 0 fully saturated rings. The molecular weight excluding hydrogens is 743 g/mol. The predicted octanol–water partition coefficient (Wildman–Crippen LogP) is 12.2. The number of aromatic nitrogens is 4. The Morgan fingerprint density at radius 3 is 2.26 bits per heavy atom. The van der Waals surface area contributed by atoms with Gasteiger partial charge < -0.3 is 9.30 Å². The van der Waals surface area contributed by atoms with E-state index in [9.17, 15) is 0 Å². The Labute approximate surface area is 329 Å². The van der Waals surface area contributed by atoms with E-state index >= 15 is 0 Å². The maximum absolute atomic E-state index is 6.75. The minimum atomic E-state index is -0.132. The molecule has 4 aromatic carbocycles. The molecule has 0 amide bonds. The van der Waals surface area contributed by atoms with Crippen LogP contribution in [0.3, 0.4) is 0 Å². The maximum Gasteiger partial charge on any atom is 2.00 e. The van der Waals surface area contributed by atoms with Crippen LogP contribution in [0.25, 0.3) is 44.4 Å². The minimum absolute atomic E-state index is 0. The number of fused-ring (bicyclic) bond motifs is 3. The van der Waals surface area contributed by atoms with E-state index in [4.69, 9.17) is 14.8 Å². The van der Waals surface area contributed by atoms with Crippen molar-refractivity contribution in [1.82, 2.24) is 19.3 Å². The van der Waals surface area contributed by atoms with Crippen LogP contribution in [-0.4, -0.2) is 19.3 Å². The molecule has 274 valence electrons. The number of aryl methyl sites for hydroxylation is 4. The summed E-state index contributed by atoms with van der Waals surface area (Å²) in [7, 11) is 0. The van der Waals surface area contributed by atoms with E-state index in [0.717, 1.165) is 70.3 Å². The van der Waals surface area contributed by atoms with Gasteiger partial charge in [0, 0.05) is 34.5 Å². The fraction of sp³-hybridized carbons (Fsp3) is 0.319. The van der Waals surface area contributed by atoms with E-state index in [1.807, 2.05) is 12.3 Å². The first-order valence-electron chi connectivity index (χ1n) is 18.7. The van der Waals surface area contributed by atoms with Crippen molar-refractivity contribution in [2.45, 2.75) is 93.4 Å². The van der Waals surface area contributed by atoms with E-state index in [1.54, 1.807) is 0 Å². The summed E-state index contributed by atoms with van der Waals surface area (Å²) >= 11 is 0. The van der Waals surface area contributed by atoms with Crippen LogP contribution in [0, 0.1) is 38.8 Å². The van der Waals surface area contributed by atoms with Crippen LogP contribution in [0.2, 0.25) is 0 Å². The molecule has 0 radical (unpaired) electrons. The Morgan fingerprint density at radius 2 is 1.55 bits per heavy atom. The zero-order valence-corrected chi connectivity index (χ0v) is 34.1. The molecule has 7 rings (SSSR count). The average Bonchev–Trinajstić information content (AvgIpc) is 3.61. The maximum atomic E-state index is 6.75. The van der Waals surface area contributed by atoms with Crippen LogP contribution in [0.1, 0.15) is 88.0 Å². The summed E-state index contributed by atoms with van der Waals surface area (Å²) in [5.74, 6) is 2.71. The number of pyridine rings is 1. The van der Waals surface area contributed by atoms with E-state index < -0.39 is 0 Å². The minimum Gasteiger partial charge on any atom is -0.509 e. The molecule has 7 aromatic rings.